The van der Waals surface area contributed by atoms with Crippen LogP contribution in [0.4, 0.5) is 0 Å². The third kappa shape index (κ3) is 3.17. The SMILES string of the molecule is C=CC(C[n+]1ccccc1)C(N)Cl. The monoisotopic (exact) mass is 197 g/mol. The van der Waals surface area contributed by atoms with Gasteiger partial charge in [0.15, 0.2) is 18.9 Å². The molecule has 70 valence electrons. The zero-order valence-corrected chi connectivity index (χ0v) is 8.19. The van der Waals surface area contributed by atoms with E-state index >= 15 is 0 Å². The summed E-state index contributed by atoms with van der Waals surface area (Å²) in [6.07, 6.45) is 5.75. The molecule has 2 N–H and O–H groups in total. The second-order valence-corrected chi connectivity index (χ2v) is 3.42. The highest BCUT2D eigenvalue weighted by molar-refractivity contribution is 6.20. The number of nitrogens with zero attached hydrogens (tertiary/aromatic N) is 1. The quantitative estimate of drug-likeness (QED) is 0.335. The van der Waals surface area contributed by atoms with Crippen molar-refractivity contribution in [2.75, 3.05) is 0 Å². The van der Waals surface area contributed by atoms with E-state index in [1.165, 1.54) is 0 Å². The standard InChI is InChI=1S/C10H14ClN2/c1-2-9(10(11)12)8-13-6-4-3-5-7-13/h2-7,9-10H,1,8,12H2/q+1. The number of hydrogen-bond acceptors (Lipinski definition) is 1. The molecule has 0 saturated carbocycles. The molecule has 0 radical (unpaired) electrons. The van der Waals surface area contributed by atoms with Crippen LogP contribution in [-0.2, 0) is 6.54 Å². The highest BCUT2D eigenvalue weighted by Gasteiger charge is 2.15. The van der Waals surface area contributed by atoms with E-state index in [2.05, 4.69) is 6.58 Å². The first-order valence-electron chi connectivity index (χ1n) is 4.20. The van der Waals surface area contributed by atoms with E-state index < -0.39 is 0 Å². The minimum absolute atomic E-state index is 0.106. The van der Waals surface area contributed by atoms with Gasteiger partial charge in [0.25, 0.3) is 0 Å². The fourth-order valence-corrected chi connectivity index (χ4v) is 1.29. The molecule has 0 aliphatic heterocycles. The van der Waals surface area contributed by atoms with E-state index in [0.717, 1.165) is 6.54 Å². The molecule has 2 unspecified atom stereocenters. The Morgan fingerprint density at radius 1 is 1.38 bits per heavy atom. The molecule has 3 heteroatoms. The van der Waals surface area contributed by atoms with Gasteiger partial charge in [0.05, 0.1) is 11.4 Å². The maximum absolute atomic E-state index is 5.79. The van der Waals surface area contributed by atoms with Gasteiger partial charge in [-0.3, -0.25) is 0 Å². The molecule has 0 spiro atoms. The van der Waals surface area contributed by atoms with Gasteiger partial charge in [0, 0.05) is 12.1 Å². The summed E-state index contributed by atoms with van der Waals surface area (Å²) >= 11 is 5.79. The largest absolute Gasteiger partial charge is 0.315 e. The summed E-state index contributed by atoms with van der Waals surface area (Å²) in [5, 5.41) is 0. The highest BCUT2D eigenvalue weighted by atomic mass is 35.5. The molecular formula is C10H14ClN2+. The first-order chi connectivity index (χ1) is 6.24. The number of rotatable bonds is 4. The Morgan fingerprint density at radius 2 is 2.00 bits per heavy atom. The van der Waals surface area contributed by atoms with Gasteiger partial charge in [0.1, 0.15) is 0 Å². The minimum Gasteiger partial charge on any atom is -0.315 e. The fourth-order valence-electron chi connectivity index (χ4n) is 1.10. The predicted molar refractivity (Wildman–Crippen MR) is 54.2 cm³/mol. The molecule has 0 saturated heterocycles. The Hall–Kier alpha value is -0.860. The number of halogens is 1. The van der Waals surface area contributed by atoms with Crippen LogP contribution in [0.2, 0.25) is 0 Å². The normalized spacial score (nSPS) is 14.9. The van der Waals surface area contributed by atoms with E-state index in [1.54, 1.807) is 6.08 Å². The summed E-state index contributed by atoms with van der Waals surface area (Å²) in [6.45, 7) is 4.47. The summed E-state index contributed by atoms with van der Waals surface area (Å²) in [5.41, 5.74) is 5.21. The second-order valence-electron chi connectivity index (χ2n) is 2.92. The molecule has 0 amide bonds. The van der Waals surface area contributed by atoms with Crippen molar-refractivity contribution in [2.45, 2.75) is 12.0 Å². The van der Waals surface area contributed by atoms with Crippen molar-refractivity contribution in [1.82, 2.24) is 0 Å². The molecule has 1 aromatic heterocycles. The third-order valence-corrected chi connectivity index (χ3v) is 2.23. The molecule has 2 atom stereocenters. The average molecular weight is 198 g/mol. The third-order valence-electron chi connectivity index (χ3n) is 1.91. The van der Waals surface area contributed by atoms with Crippen molar-refractivity contribution in [3.05, 3.63) is 43.2 Å². The van der Waals surface area contributed by atoms with Gasteiger partial charge >= 0.3 is 0 Å². The van der Waals surface area contributed by atoms with Gasteiger partial charge in [-0.15, -0.1) is 18.2 Å². The fraction of sp³-hybridized carbons (Fsp3) is 0.300. The topological polar surface area (TPSA) is 29.9 Å². The van der Waals surface area contributed by atoms with Crippen LogP contribution in [0.25, 0.3) is 0 Å². The summed E-state index contributed by atoms with van der Waals surface area (Å²) in [5.74, 6) is 0.106. The number of aromatic nitrogens is 1. The van der Waals surface area contributed by atoms with Crippen molar-refractivity contribution in [3.63, 3.8) is 0 Å². The molecule has 2 nitrogen and oxygen atoms in total. The van der Waals surface area contributed by atoms with E-state index in [9.17, 15) is 0 Å². The van der Waals surface area contributed by atoms with Crippen LogP contribution in [0.3, 0.4) is 0 Å². The van der Waals surface area contributed by atoms with Crippen molar-refractivity contribution >= 4 is 11.6 Å². The maximum Gasteiger partial charge on any atom is 0.168 e. The van der Waals surface area contributed by atoms with Crippen LogP contribution in [0.5, 0.6) is 0 Å². The Balaban J connectivity index is 2.62. The molecule has 13 heavy (non-hydrogen) atoms. The molecule has 1 aromatic rings. The second kappa shape index (κ2) is 5.00. The lowest BCUT2D eigenvalue weighted by atomic mass is 10.1. The zero-order chi connectivity index (χ0) is 9.68. The van der Waals surface area contributed by atoms with Crippen LogP contribution in [0.15, 0.2) is 43.2 Å². The Morgan fingerprint density at radius 3 is 2.46 bits per heavy atom. The molecule has 1 rings (SSSR count). The van der Waals surface area contributed by atoms with Gasteiger partial charge in [-0.05, 0) is 0 Å². The lowest BCUT2D eigenvalue weighted by Crippen LogP contribution is -2.40. The minimum atomic E-state index is -0.370. The molecule has 0 fully saturated rings. The lowest BCUT2D eigenvalue weighted by Gasteiger charge is -2.10. The first kappa shape index (κ1) is 10.2. The van der Waals surface area contributed by atoms with Crippen molar-refractivity contribution in [2.24, 2.45) is 11.7 Å². The van der Waals surface area contributed by atoms with Gasteiger partial charge in [-0.25, -0.2) is 4.57 Å². The molecule has 1 heterocycles. The predicted octanol–water partition coefficient (Wildman–Crippen LogP) is 1.30. The Labute approximate surface area is 83.6 Å². The molecule has 0 aliphatic carbocycles. The summed E-state index contributed by atoms with van der Waals surface area (Å²) in [6, 6.07) is 5.92. The van der Waals surface area contributed by atoms with Crippen molar-refractivity contribution in [1.29, 1.82) is 0 Å². The van der Waals surface area contributed by atoms with E-state index in [4.69, 9.17) is 17.3 Å². The van der Waals surface area contributed by atoms with E-state index in [-0.39, 0.29) is 11.4 Å². The molecule has 0 aromatic carbocycles. The highest BCUT2D eigenvalue weighted by Crippen LogP contribution is 2.06. The first-order valence-corrected chi connectivity index (χ1v) is 4.64. The van der Waals surface area contributed by atoms with Crippen LogP contribution in [-0.4, -0.2) is 5.50 Å². The Bertz CT molecular complexity index is 259. The number of hydrogen-bond donors (Lipinski definition) is 1. The van der Waals surface area contributed by atoms with Gasteiger partial charge < -0.3 is 5.73 Å². The van der Waals surface area contributed by atoms with Gasteiger partial charge in [-0.2, -0.15) is 0 Å². The van der Waals surface area contributed by atoms with Crippen LogP contribution >= 0.6 is 11.6 Å². The summed E-state index contributed by atoms with van der Waals surface area (Å²) in [7, 11) is 0. The average Bonchev–Trinajstić information content (AvgIpc) is 2.15. The van der Waals surface area contributed by atoms with Crippen LogP contribution < -0.4 is 10.3 Å². The smallest absolute Gasteiger partial charge is 0.168 e. The van der Waals surface area contributed by atoms with E-state index in [1.807, 2.05) is 35.2 Å². The number of pyridine rings is 1. The lowest BCUT2D eigenvalue weighted by molar-refractivity contribution is -0.701. The molecule has 0 aliphatic rings. The van der Waals surface area contributed by atoms with Gasteiger partial charge in [-0.1, -0.05) is 12.1 Å². The maximum atomic E-state index is 5.79. The molecule has 0 bridgehead atoms. The summed E-state index contributed by atoms with van der Waals surface area (Å²) in [4.78, 5) is 0. The Kier molecular flexibility index (Phi) is 3.93. The van der Waals surface area contributed by atoms with Crippen LogP contribution in [0.1, 0.15) is 0 Å². The zero-order valence-electron chi connectivity index (χ0n) is 7.44. The number of nitrogens with two attached hydrogens (primary N) is 1. The summed E-state index contributed by atoms with van der Waals surface area (Å²) < 4.78 is 2.04. The van der Waals surface area contributed by atoms with Crippen molar-refractivity contribution < 1.29 is 4.57 Å². The van der Waals surface area contributed by atoms with E-state index in [0.29, 0.717) is 0 Å². The molecular weight excluding hydrogens is 184 g/mol. The van der Waals surface area contributed by atoms with Crippen LogP contribution in [0, 0.1) is 5.92 Å². The van der Waals surface area contributed by atoms with Gasteiger partial charge in [0.2, 0.25) is 0 Å². The number of alkyl halides is 1. The van der Waals surface area contributed by atoms with Crippen molar-refractivity contribution in [3.8, 4) is 0 Å².